The smallest absolute Gasteiger partial charge is 0.339 e. The second-order valence-electron chi connectivity index (χ2n) is 11.3. The van der Waals surface area contributed by atoms with Crippen LogP contribution in [0.4, 0.5) is 10.1 Å². The number of aliphatic hydroxyl groups is 1. The van der Waals surface area contributed by atoms with Gasteiger partial charge in [0.2, 0.25) is 0 Å². The first kappa shape index (κ1) is 27.2. The minimum Gasteiger partial charge on any atom is -0.507 e. The van der Waals surface area contributed by atoms with E-state index in [1.165, 1.54) is 41.5 Å². The second kappa shape index (κ2) is 10.5. The van der Waals surface area contributed by atoms with Crippen molar-refractivity contribution in [2.24, 2.45) is 0 Å². The fourth-order valence-electron chi connectivity index (χ4n) is 5.13. The lowest BCUT2D eigenvalue weighted by Gasteiger charge is -2.43. The number of carbonyl (C=O) groups is 1. The van der Waals surface area contributed by atoms with Crippen molar-refractivity contribution in [3.05, 3.63) is 93.8 Å². The topological polar surface area (TPSA) is 89.8 Å². The summed E-state index contributed by atoms with van der Waals surface area (Å²) in [5.41, 5.74) is 5.15. The average molecular weight is 516 g/mol. The van der Waals surface area contributed by atoms with Crippen LogP contribution in [0, 0.1) is 17.7 Å². The SMILES string of the molecule is CC1(C)CCC(C)(C)c2c(NCCc3ccc(F)cc3)cc(C(O)C#Cc3ccc(C(=O)O)c(O)c3)cc21. The third kappa shape index (κ3) is 5.84. The number of aromatic carboxylic acids is 1. The summed E-state index contributed by atoms with van der Waals surface area (Å²) in [6, 6.07) is 14.6. The summed E-state index contributed by atoms with van der Waals surface area (Å²) in [4.78, 5) is 11.1. The number of phenols is 1. The maximum absolute atomic E-state index is 13.3. The summed E-state index contributed by atoms with van der Waals surface area (Å²) in [5.74, 6) is 3.85. The highest BCUT2D eigenvalue weighted by Crippen LogP contribution is 2.49. The molecule has 0 aromatic heterocycles. The fourth-order valence-corrected chi connectivity index (χ4v) is 5.13. The first-order valence-corrected chi connectivity index (χ1v) is 12.8. The van der Waals surface area contributed by atoms with Crippen molar-refractivity contribution in [1.82, 2.24) is 0 Å². The summed E-state index contributed by atoms with van der Waals surface area (Å²) >= 11 is 0. The molecule has 1 atom stereocenters. The molecule has 198 valence electrons. The van der Waals surface area contributed by atoms with Crippen LogP contribution in [0.3, 0.4) is 0 Å². The van der Waals surface area contributed by atoms with Crippen LogP contribution in [0.2, 0.25) is 0 Å². The number of carboxylic acids is 1. The van der Waals surface area contributed by atoms with E-state index in [9.17, 15) is 19.4 Å². The van der Waals surface area contributed by atoms with Gasteiger partial charge < -0.3 is 20.6 Å². The van der Waals surface area contributed by atoms with Crippen molar-refractivity contribution in [1.29, 1.82) is 0 Å². The summed E-state index contributed by atoms with van der Waals surface area (Å²) in [5, 5.41) is 33.7. The quantitative estimate of drug-likeness (QED) is 0.289. The summed E-state index contributed by atoms with van der Waals surface area (Å²) in [6.45, 7) is 9.58. The highest BCUT2D eigenvalue weighted by molar-refractivity contribution is 5.90. The molecule has 0 radical (unpaired) electrons. The number of hydrogen-bond donors (Lipinski definition) is 4. The molecule has 0 aliphatic heterocycles. The van der Waals surface area contributed by atoms with E-state index >= 15 is 0 Å². The van der Waals surface area contributed by atoms with Gasteiger partial charge in [0, 0.05) is 17.8 Å². The molecule has 1 aliphatic carbocycles. The molecule has 38 heavy (non-hydrogen) atoms. The molecule has 0 heterocycles. The van der Waals surface area contributed by atoms with Gasteiger partial charge in [0.05, 0.1) is 0 Å². The molecule has 0 saturated carbocycles. The van der Waals surface area contributed by atoms with Crippen LogP contribution in [-0.2, 0) is 17.3 Å². The first-order valence-electron chi connectivity index (χ1n) is 12.8. The van der Waals surface area contributed by atoms with E-state index in [1.54, 1.807) is 12.1 Å². The molecule has 1 unspecified atom stereocenters. The monoisotopic (exact) mass is 515 g/mol. The van der Waals surface area contributed by atoms with E-state index in [-0.39, 0.29) is 28.0 Å². The predicted molar refractivity (Wildman–Crippen MR) is 147 cm³/mol. The van der Waals surface area contributed by atoms with Gasteiger partial charge in [0.15, 0.2) is 0 Å². The highest BCUT2D eigenvalue weighted by atomic mass is 19.1. The molecule has 0 amide bonds. The zero-order valence-electron chi connectivity index (χ0n) is 22.2. The second-order valence-corrected chi connectivity index (χ2v) is 11.3. The largest absolute Gasteiger partial charge is 0.507 e. The molecule has 5 nitrogen and oxygen atoms in total. The van der Waals surface area contributed by atoms with E-state index in [0.717, 1.165) is 30.5 Å². The third-order valence-electron chi connectivity index (χ3n) is 7.48. The van der Waals surface area contributed by atoms with Crippen LogP contribution in [-0.4, -0.2) is 27.8 Å². The Labute approximate surface area is 223 Å². The Morgan fingerprint density at radius 2 is 1.71 bits per heavy atom. The molecule has 0 spiro atoms. The van der Waals surface area contributed by atoms with E-state index in [1.807, 2.05) is 12.1 Å². The number of nitrogens with one attached hydrogen (secondary N) is 1. The third-order valence-corrected chi connectivity index (χ3v) is 7.48. The van der Waals surface area contributed by atoms with Crippen LogP contribution < -0.4 is 5.32 Å². The minimum absolute atomic E-state index is 0.0539. The Morgan fingerprint density at radius 3 is 2.37 bits per heavy atom. The maximum atomic E-state index is 13.3. The highest BCUT2D eigenvalue weighted by Gasteiger charge is 2.39. The van der Waals surface area contributed by atoms with Gasteiger partial charge in [0.25, 0.3) is 0 Å². The molecule has 4 rings (SSSR count). The van der Waals surface area contributed by atoms with Gasteiger partial charge in [-0.2, -0.15) is 0 Å². The van der Waals surface area contributed by atoms with Crippen LogP contribution in [0.15, 0.2) is 54.6 Å². The summed E-state index contributed by atoms with van der Waals surface area (Å²) < 4.78 is 13.3. The van der Waals surface area contributed by atoms with Gasteiger partial charge >= 0.3 is 5.97 Å². The summed E-state index contributed by atoms with van der Waals surface area (Å²) in [7, 11) is 0. The summed E-state index contributed by atoms with van der Waals surface area (Å²) in [6.07, 6.45) is 1.70. The predicted octanol–water partition coefficient (Wildman–Crippen LogP) is 6.32. The number of fused-ring (bicyclic) bond motifs is 1. The number of aliphatic hydroxyl groups excluding tert-OH is 1. The van der Waals surface area contributed by atoms with Crippen LogP contribution in [0.25, 0.3) is 0 Å². The van der Waals surface area contributed by atoms with Crippen LogP contribution in [0.5, 0.6) is 5.75 Å². The fraction of sp³-hybridized carbons (Fsp3) is 0.344. The number of hydrogen-bond acceptors (Lipinski definition) is 4. The number of anilines is 1. The number of benzene rings is 3. The van der Waals surface area contributed by atoms with Gasteiger partial charge in [-0.05, 0) is 88.7 Å². The van der Waals surface area contributed by atoms with E-state index < -0.39 is 12.1 Å². The van der Waals surface area contributed by atoms with E-state index in [4.69, 9.17) is 5.11 Å². The molecule has 6 heteroatoms. The zero-order chi connectivity index (χ0) is 27.7. The van der Waals surface area contributed by atoms with E-state index in [2.05, 4.69) is 44.9 Å². The molecule has 0 saturated heterocycles. The van der Waals surface area contributed by atoms with Crippen molar-refractivity contribution in [3.8, 4) is 17.6 Å². The maximum Gasteiger partial charge on any atom is 0.339 e. The molecule has 3 aromatic rings. The van der Waals surface area contributed by atoms with Gasteiger partial charge in [0.1, 0.15) is 23.2 Å². The standard InChI is InChI=1S/C32H34FNO4/c1-31(2)14-15-32(3,4)29-25(31)18-22(19-26(29)34-16-13-20-5-9-23(33)10-6-20)27(35)12-8-21-7-11-24(30(37)38)28(36)17-21/h5-7,9-11,17-19,27,34-36H,13-16H2,1-4H3,(H,37,38). The van der Waals surface area contributed by atoms with Crippen LogP contribution >= 0.6 is 0 Å². The van der Waals surface area contributed by atoms with Gasteiger partial charge in [-0.15, -0.1) is 0 Å². The van der Waals surface area contributed by atoms with Crippen molar-refractivity contribution >= 4 is 11.7 Å². The molecule has 0 fully saturated rings. The van der Waals surface area contributed by atoms with Crippen LogP contribution in [0.1, 0.15) is 84.8 Å². The number of aromatic hydroxyl groups is 1. The Bertz CT molecular complexity index is 1410. The molecule has 0 bridgehead atoms. The van der Waals surface area contributed by atoms with E-state index in [0.29, 0.717) is 17.7 Å². The normalized spacial score (nSPS) is 16.1. The lowest BCUT2D eigenvalue weighted by Crippen LogP contribution is -2.35. The van der Waals surface area contributed by atoms with Crippen molar-refractivity contribution in [3.63, 3.8) is 0 Å². The van der Waals surface area contributed by atoms with Gasteiger partial charge in [-0.1, -0.05) is 57.7 Å². The lowest BCUT2D eigenvalue weighted by molar-refractivity contribution is 0.0693. The molecule has 4 N–H and O–H groups in total. The zero-order valence-corrected chi connectivity index (χ0v) is 22.2. The molecule has 3 aromatic carbocycles. The average Bonchev–Trinajstić information content (AvgIpc) is 2.86. The molecule has 1 aliphatic rings. The molecular formula is C32H34FNO4. The Morgan fingerprint density at radius 1 is 1.03 bits per heavy atom. The van der Waals surface area contributed by atoms with Gasteiger partial charge in [-0.3, -0.25) is 0 Å². The van der Waals surface area contributed by atoms with Gasteiger partial charge in [-0.25, -0.2) is 9.18 Å². The Kier molecular flexibility index (Phi) is 7.53. The molecular weight excluding hydrogens is 481 g/mol. The van der Waals surface area contributed by atoms with Crippen molar-refractivity contribution in [2.75, 3.05) is 11.9 Å². The lowest BCUT2D eigenvalue weighted by atomic mass is 9.62. The number of halogens is 1. The number of carboxylic acid groups (broad SMARTS) is 1. The van der Waals surface area contributed by atoms with Crippen molar-refractivity contribution in [2.45, 2.75) is 63.9 Å². The first-order chi connectivity index (χ1) is 17.9. The van der Waals surface area contributed by atoms with Crippen molar-refractivity contribution < 1.29 is 24.5 Å². The minimum atomic E-state index is -1.22. The Hall–Kier alpha value is -3.82. The number of rotatable bonds is 6. The Balaban J connectivity index is 1.67.